The number of hydrogen-bond donors (Lipinski definition) is 2. The van der Waals surface area contributed by atoms with Crippen LogP contribution in [0.25, 0.3) is 0 Å². The lowest BCUT2D eigenvalue weighted by atomic mass is 10.3. The van der Waals surface area contributed by atoms with Gasteiger partial charge in [0, 0.05) is 6.07 Å². The van der Waals surface area contributed by atoms with Crippen molar-refractivity contribution in [1.29, 1.82) is 0 Å². The highest BCUT2D eigenvalue weighted by Crippen LogP contribution is 2.31. The first-order valence-corrected chi connectivity index (χ1v) is 5.31. The standard InChI is InChI=1S/C9H8N2O3S/c1-2-15-8-6-4(10-9(14)11-6)3-5(12)7(8)13/h3,12-13H,2H2,1H3. The van der Waals surface area contributed by atoms with Gasteiger partial charge < -0.3 is 10.2 Å². The van der Waals surface area contributed by atoms with E-state index in [2.05, 4.69) is 9.98 Å². The number of aromatic hydroxyl groups is 2. The van der Waals surface area contributed by atoms with Crippen LogP contribution in [0.15, 0.2) is 20.9 Å². The van der Waals surface area contributed by atoms with Crippen LogP contribution in [0.4, 0.5) is 4.79 Å². The van der Waals surface area contributed by atoms with Crippen LogP contribution in [-0.4, -0.2) is 22.0 Å². The minimum Gasteiger partial charge on any atom is -0.504 e. The SMILES string of the molecule is CCSc1c(O)c(O)cc2c1=NC(=O)N=2. The number of amides is 2. The maximum atomic E-state index is 11.0. The number of benzene rings is 1. The average molecular weight is 224 g/mol. The van der Waals surface area contributed by atoms with Gasteiger partial charge >= 0.3 is 6.03 Å². The summed E-state index contributed by atoms with van der Waals surface area (Å²) in [5, 5.41) is 19.7. The number of carbonyl (C=O) groups excluding carboxylic acids is 1. The summed E-state index contributed by atoms with van der Waals surface area (Å²) in [5.41, 5.74) is 0. The van der Waals surface area contributed by atoms with Crippen LogP contribution >= 0.6 is 11.8 Å². The second-order valence-electron chi connectivity index (χ2n) is 2.88. The van der Waals surface area contributed by atoms with Crippen LogP contribution in [-0.2, 0) is 0 Å². The molecule has 2 rings (SSSR count). The van der Waals surface area contributed by atoms with Gasteiger partial charge in [-0.3, -0.25) is 0 Å². The molecule has 15 heavy (non-hydrogen) atoms. The molecule has 0 radical (unpaired) electrons. The van der Waals surface area contributed by atoms with Gasteiger partial charge in [-0.05, 0) is 5.75 Å². The normalized spacial score (nSPS) is 13.3. The first-order chi connectivity index (χ1) is 7.13. The van der Waals surface area contributed by atoms with E-state index in [9.17, 15) is 15.0 Å². The predicted octanol–water partition coefficient (Wildman–Crippen LogP) is 0.583. The molecule has 0 aliphatic carbocycles. The monoisotopic (exact) mass is 224 g/mol. The third kappa shape index (κ3) is 1.56. The van der Waals surface area contributed by atoms with Crippen molar-refractivity contribution in [3.8, 4) is 11.5 Å². The van der Waals surface area contributed by atoms with Gasteiger partial charge in [0.05, 0.1) is 10.3 Å². The lowest BCUT2D eigenvalue weighted by Crippen LogP contribution is -2.23. The van der Waals surface area contributed by atoms with Gasteiger partial charge in [0.25, 0.3) is 0 Å². The first kappa shape index (κ1) is 9.97. The fraction of sp³-hybridized carbons (Fsp3) is 0.222. The van der Waals surface area contributed by atoms with Crippen molar-refractivity contribution >= 4 is 17.8 Å². The molecule has 1 aromatic rings. The number of nitrogens with zero attached hydrogens (tertiary/aromatic N) is 2. The summed E-state index contributed by atoms with van der Waals surface area (Å²) in [7, 11) is 0. The van der Waals surface area contributed by atoms with Crippen LogP contribution in [0, 0.1) is 0 Å². The molecule has 0 unspecified atom stereocenters. The predicted molar refractivity (Wildman–Crippen MR) is 53.9 cm³/mol. The van der Waals surface area contributed by atoms with Crippen molar-refractivity contribution < 1.29 is 15.0 Å². The molecule has 6 heteroatoms. The average Bonchev–Trinajstić information content (AvgIpc) is 2.53. The molecule has 0 fully saturated rings. The minimum absolute atomic E-state index is 0.241. The highest BCUT2D eigenvalue weighted by atomic mass is 32.2. The number of fused-ring (bicyclic) bond motifs is 1. The van der Waals surface area contributed by atoms with Crippen LogP contribution in [0.5, 0.6) is 11.5 Å². The number of phenolic OH excluding ortho intramolecular Hbond substituents is 2. The molecule has 2 amide bonds. The summed E-state index contributed by atoms with van der Waals surface area (Å²) < 4.78 is 0. The fourth-order valence-electron chi connectivity index (χ4n) is 1.31. The van der Waals surface area contributed by atoms with Crippen molar-refractivity contribution in [3.05, 3.63) is 16.8 Å². The van der Waals surface area contributed by atoms with Crippen molar-refractivity contribution in [3.63, 3.8) is 0 Å². The van der Waals surface area contributed by atoms with Gasteiger partial charge in [-0.1, -0.05) is 6.92 Å². The van der Waals surface area contributed by atoms with E-state index in [0.29, 0.717) is 21.4 Å². The molecule has 1 aliphatic rings. The van der Waals surface area contributed by atoms with Crippen molar-refractivity contribution in [2.45, 2.75) is 11.8 Å². The van der Waals surface area contributed by atoms with E-state index >= 15 is 0 Å². The summed E-state index contributed by atoms with van der Waals surface area (Å²) in [4.78, 5) is 18.7. The molecule has 0 saturated carbocycles. The molecular formula is C9H8N2O3S. The largest absolute Gasteiger partial charge is 0.504 e. The highest BCUT2D eigenvalue weighted by molar-refractivity contribution is 7.99. The Bertz CT molecular complexity index is 553. The van der Waals surface area contributed by atoms with Gasteiger partial charge in [-0.25, -0.2) is 4.79 Å². The molecule has 0 atom stereocenters. The van der Waals surface area contributed by atoms with Crippen LogP contribution in [0.1, 0.15) is 6.92 Å². The molecule has 5 nitrogen and oxygen atoms in total. The van der Waals surface area contributed by atoms with Crippen molar-refractivity contribution in [2.24, 2.45) is 9.98 Å². The summed E-state index contributed by atoms with van der Waals surface area (Å²) >= 11 is 1.31. The molecule has 1 aliphatic heterocycles. The molecule has 0 aromatic heterocycles. The zero-order valence-corrected chi connectivity index (χ0v) is 8.71. The molecule has 0 spiro atoms. The second-order valence-corrected chi connectivity index (χ2v) is 4.15. The lowest BCUT2D eigenvalue weighted by Gasteiger charge is -2.03. The second kappa shape index (κ2) is 3.54. The quantitative estimate of drug-likeness (QED) is 0.568. The Hall–Kier alpha value is -1.56. The van der Waals surface area contributed by atoms with E-state index in [0.717, 1.165) is 0 Å². The number of phenols is 2. The molecule has 1 heterocycles. The van der Waals surface area contributed by atoms with Gasteiger partial charge in [0.1, 0.15) is 5.36 Å². The van der Waals surface area contributed by atoms with Gasteiger partial charge in [-0.15, -0.1) is 11.8 Å². The Morgan fingerprint density at radius 2 is 2.13 bits per heavy atom. The van der Waals surface area contributed by atoms with Crippen LogP contribution in [0.2, 0.25) is 0 Å². The molecule has 0 saturated heterocycles. The minimum atomic E-state index is -0.604. The Morgan fingerprint density at radius 1 is 1.40 bits per heavy atom. The van der Waals surface area contributed by atoms with E-state index < -0.39 is 6.03 Å². The summed E-state index contributed by atoms with van der Waals surface area (Å²) in [6.45, 7) is 1.90. The number of urea groups is 1. The summed E-state index contributed by atoms with van der Waals surface area (Å²) in [6.07, 6.45) is 0. The number of carbonyl (C=O) groups is 1. The number of rotatable bonds is 2. The Labute approximate surface area is 89.2 Å². The fourth-order valence-corrected chi connectivity index (χ4v) is 2.13. The number of hydrogen-bond acceptors (Lipinski definition) is 4. The maximum Gasteiger partial charge on any atom is 0.368 e. The molecular weight excluding hydrogens is 216 g/mol. The summed E-state index contributed by atoms with van der Waals surface area (Å²) in [5.74, 6) is 0.181. The first-order valence-electron chi connectivity index (χ1n) is 4.32. The van der Waals surface area contributed by atoms with Crippen LogP contribution < -0.4 is 10.7 Å². The van der Waals surface area contributed by atoms with E-state index in [1.165, 1.54) is 17.8 Å². The van der Waals surface area contributed by atoms with Crippen molar-refractivity contribution in [1.82, 2.24) is 0 Å². The smallest absolute Gasteiger partial charge is 0.368 e. The zero-order valence-electron chi connectivity index (χ0n) is 7.89. The van der Waals surface area contributed by atoms with E-state index in [4.69, 9.17) is 0 Å². The molecule has 2 N–H and O–H groups in total. The Morgan fingerprint density at radius 3 is 2.80 bits per heavy atom. The third-order valence-electron chi connectivity index (χ3n) is 1.90. The van der Waals surface area contributed by atoms with Gasteiger partial charge in [0.15, 0.2) is 11.5 Å². The van der Waals surface area contributed by atoms with Gasteiger partial charge in [-0.2, -0.15) is 9.98 Å². The molecule has 1 aromatic carbocycles. The Kier molecular flexibility index (Phi) is 2.36. The van der Waals surface area contributed by atoms with E-state index in [-0.39, 0.29) is 11.5 Å². The van der Waals surface area contributed by atoms with Crippen LogP contribution in [0.3, 0.4) is 0 Å². The topological polar surface area (TPSA) is 82.2 Å². The third-order valence-corrected chi connectivity index (χ3v) is 2.87. The van der Waals surface area contributed by atoms with Crippen molar-refractivity contribution in [2.75, 3.05) is 5.75 Å². The highest BCUT2D eigenvalue weighted by Gasteiger charge is 2.16. The van der Waals surface area contributed by atoms with E-state index in [1.807, 2.05) is 6.92 Å². The summed E-state index contributed by atoms with van der Waals surface area (Å²) in [6, 6.07) is 0.631. The van der Waals surface area contributed by atoms with E-state index in [1.54, 1.807) is 0 Å². The van der Waals surface area contributed by atoms with Gasteiger partial charge in [0.2, 0.25) is 0 Å². The molecule has 0 bridgehead atoms. The molecule has 78 valence electrons. The zero-order chi connectivity index (χ0) is 11.0. The lowest BCUT2D eigenvalue weighted by molar-refractivity contribution is 0.256. The maximum absolute atomic E-state index is 11.0. The Balaban J connectivity index is 2.80. The number of thioether (sulfide) groups is 1.